The number of tetrazole rings is 1. The summed E-state index contributed by atoms with van der Waals surface area (Å²) in [5.41, 5.74) is 0.997. The SMILES string of the molecule is COc1ccc2cc(CN(Cc3ccco3)Cc3nnnn3C(C)(C)C)c(=O)[nH]c2c1. The summed E-state index contributed by atoms with van der Waals surface area (Å²) in [6, 6.07) is 11.3. The van der Waals surface area contributed by atoms with Crippen LogP contribution in [-0.4, -0.2) is 37.2 Å². The summed E-state index contributed by atoms with van der Waals surface area (Å²) in [7, 11) is 1.60. The van der Waals surface area contributed by atoms with Gasteiger partial charge in [0.05, 0.1) is 37.5 Å². The van der Waals surface area contributed by atoms with Crippen molar-refractivity contribution < 1.29 is 9.15 Å². The first-order valence-electron chi connectivity index (χ1n) is 10.1. The number of fused-ring (bicyclic) bond motifs is 1. The average molecular weight is 422 g/mol. The van der Waals surface area contributed by atoms with Crippen LogP contribution in [0.25, 0.3) is 10.9 Å². The molecule has 0 aliphatic rings. The molecule has 0 fully saturated rings. The Morgan fingerprint density at radius 1 is 1.16 bits per heavy atom. The van der Waals surface area contributed by atoms with Crippen LogP contribution in [0.1, 0.15) is 37.9 Å². The van der Waals surface area contributed by atoms with E-state index in [4.69, 9.17) is 9.15 Å². The van der Waals surface area contributed by atoms with Gasteiger partial charge in [0.25, 0.3) is 5.56 Å². The molecular weight excluding hydrogens is 396 g/mol. The van der Waals surface area contributed by atoms with E-state index in [1.54, 1.807) is 18.1 Å². The summed E-state index contributed by atoms with van der Waals surface area (Å²) in [6.07, 6.45) is 1.64. The van der Waals surface area contributed by atoms with Crippen LogP contribution in [-0.2, 0) is 25.2 Å². The number of benzene rings is 1. The zero-order chi connectivity index (χ0) is 22.0. The molecule has 1 aromatic carbocycles. The first-order chi connectivity index (χ1) is 14.8. The van der Waals surface area contributed by atoms with Gasteiger partial charge < -0.3 is 14.1 Å². The Labute approximate surface area is 179 Å². The van der Waals surface area contributed by atoms with Crippen molar-refractivity contribution in [1.29, 1.82) is 0 Å². The lowest BCUT2D eigenvalue weighted by Gasteiger charge is -2.24. The van der Waals surface area contributed by atoms with Crippen molar-refractivity contribution in [2.45, 2.75) is 45.9 Å². The summed E-state index contributed by atoms with van der Waals surface area (Å²) in [5, 5.41) is 13.2. The fourth-order valence-corrected chi connectivity index (χ4v) is 3.53. The number of methoxy groups -OCH3 is 1. The molecule has 31 heavy (non-hydrogen) atoms. The topological polar surface area (TPSA) is 102 Å². The molecule has 3 aromatic heterocycles. The maximum atomic E-state index is 12.8. The number of nitrogens with one attached hydrogen (secondary N) is 1. The number of H-pyrrole nitrogens is 1. The van der Waals surface area contributed by atoms with Gasteiger partial charge in [0, 0.05) is 18.2 Å². The molecular formula is C22H26N6O3. The summed E-state index contributed by atoms with van der Waals surface area (Å²) >= 11 is 0. The minimum Gasteiger partial charge on any atom is -0.497 e. The Kier molecular flexibility index (Phi) is 5.60. The van der Waals surface area contributed by atoms with Gasteiger partial charge in [0.2, 0.25) is 0 Å². The van der Waals surface area contributed by atoms with Crippen molar-refractivity contribution in [2.24, 2.45) is 0 Å². The standard InChI is InChI=1S/C22H26N6O3/c1-22(2,3)28-20(24-25-26-28)14-27(13-18-6-5-9-31-18)12-16-10-15-7-8-17(30-4)11-19(15)23-21(16)29/h5-11H,12-14H2,1-4H3,(H,23,29). The zero-order valence-corrected chi connectivity index (χ0v) is 18.1. The second kappa shape index (κ2) is 8.35. The minimum absolute atomic E-state index is 0.138. The summed E-state index contributed by atoms with van der Waals surface area (Å²) in [4.78, 5) is 17.9. The normalized spacial score (nSPS) is 12.0. The van der Waals surface area contributed by atoms with E-state index < -0.39 is 0 Å². The van der Waals surface area contributed by atoms with Gasteiger partial charge in [-0.2, -0.15) is 0 Å². The highest BCUT2D eigenvalue weighted by molar-refractivity contribution is 5.80. The first kappa shape index (κ1) is 20.8. The number of aromatic amines is 1. The molecule has 0 aliphatic heterocycles. The third-order valence-electron chi connectivity index (χ3n) is 5.02. The van der Waals surface area contributed by atoms with Gasteiger partial charge in [-0.05, 0) is 66.9 Å². The lowest BCUT2D eigenvalue weighted by Crippen LogP contribution is -2.31. The molecule has 3 heterocycles. The average Bonchev–Trinajstić information content (AvgIpc) is 3.40. The summed E-state index contributed by atoms with van der Waals surface area (Å²) in [5.74, 6) is 2.22. The molecule has 0 aliphatic carbocycles. The largest absolute Gasteiger partial charge is 0.497 e. The summed E-state index contributed by atoms with van der Waals surface area (Å²) < 4.78 is 12.6. The molecule has 0 radical (unpaired) electrons. The van der Waals surface area contributed by atoms with Gasteiger partial charge >= 0.3 is 0 Å². The predicted octanol–water partition coefficient (Wildman–Crippen LogP) is 3.07. The molecule has 4 rings (SSSR count). The Bertz CT molecular complexity index is 1220. The number of pyridine rings is 1. The van der Waals surface area contributed by atoms with E-state index in [0.717, 1.165) is 22.5 Å². The number of aromatic nitrogens is 5. The minimum atomic E-state index is -0.255. The van der Waals surface area contributed by atoms with Crippen LogP contribution >= 0.6 is 0 Å². The van der Waals surface area contributed by atoms with Crippen LogP contribution in [0.15, 0.2) is 51.9 Å². The molecule has 0 bridgehead atoms. The van der Waals surface area contributed by atoms with Crippen LogP contribution in [0.4, 0.5) is 0 Å². The van der Waals surface area contributed by atoms with Crippen molar-refractivity contribution in [3.05, 3.63) is 70.2 Å². The quantitative estimate of drug-likeness (QED) is 0.488. The van der Waals surface area contributed by atoms with Gasteiger partial charge in [0.15, 0.2) is 5.82 Å². The van der Waals surface area contributed by atoms with Crippen LogP contribution in [0.2, 0.25) is 0 Å². The van der Waals surface area contributed by atoms with E-state index in [2.05, 4.69) is 25.4 Å². The molecule has 0 unspecified atom stereocenters. The maximum absolute atomic E-state index is 12.8. The van der Waals surface area contributed by atoms with E-state index in [0.29, 0.717) is 30.9 Å². The highest BCUT2D eigenvalue weighted by Gasteiger charge is 2.22. The fraction of sp³-hybridized carbons (Fsp3) is 0.364. The third-order valence-corrected chi connectivity index (χ3v) is 5.02. The van der Waals surface area contributed by atoms with Crippen molar-refractivity contribution in [3.8, 4) is 5.75 Å². The Morgan fingerprint density at radius 2 is 2.00 bits per heavy atom. The number of ether oxygens (including phenoxy) is 1. The predicted molar refractivity (Wildman–Crippen MR) is 116 cm³/mol. The second-order valence-corrected chi connectivity index (χ2v) is 8.48. The zero-order valence-electron chi connectivity index (χ0n) is 18.1. The number of rotatable bonds is 7. The molecule has 0 spiro atoms. The summed E-state index contributed by atoms with van der Waals surface area (Å²) in [6.45, 7) is 7.54. The number of hydrogen-bond donors (Lipinski definition) is 1. The highest BCUT2D eigenvalue weighted by atomic mass is 16.5. The Hall–Kier alpha value is -3.46. The van der Waals surface area contributed by atoms with Crippen LogP contribution in [0.3, 0.4) is 0 Å². The van der Waals surface area contributed by atoms with Crippen LogP contribution < -0.4 is 10.3 Å². The van der Waals surface area contributed by atoms with E-state index >= 15 is 0 Å². The second-order valence-electron chi connectivity index (χ2n) is 8.48. The van der Waals surface area contributed by atoms with Gasteiger partial charge in [-0.1, -0.05) is 0 Å². The molecule has 0 atom stereocenters. The number of hydrogen-bond acceptors (Lipinski definition) is 7. The molecule has 0 amide bonds. The lowest BCUT2D eigenvalue weighted by molar-refractivity contribution is 0.207. The van der Waals surface area contributed by atoms with Gasteiger partial charge in [-0.3, -0.25) is 9.69 Å². The van der Waals surface area contributed by atoms with E-state index in [-0.39, 0.29) is 11.1 Å². The fourth-order valence-electron chi connectivity index (χ4n) is 3.53. The smallest absolute Gasteiger partial charge is 0.252 e. The Balaban J connectivity index is 1.65. The Morgan fingerprint density at radius 3 is 2.71 bits per heavy atom. The highest BCUT2D eigenvalue weighted by Crippen LogP contribution is 2.20. The van der Waals surface area contributed by atoms with E-state index in [1.165, 1.54) is 0 Å². The first-order valence-corrected chi connectivity index (χ1v) is 10.1. The maximum Gasteiger partial charge on any atom is 0.252 e. The molecule has 0 saturated carbocycles. The third kappa shape index (κ3) is 4.66. The monoisotopic (exact) mass is 422 g/mol. The lowest BCUT2D eigenvalue weighted by atomic mass is 10.1. The van der Waals surface area contributed by atoms with Crippen LogP contribution in [0.5, 0.6) is 5.75 Å². The molecule has 9 nitrogen and oxygen atoms in total. The molecule has 1 N–H and O–H groups in total. The van der Waals surface area contributed by atoms with E-state index in [1.807, 2.05) is 57.2 Å². The number of furan rings is 1. The van der Waals surface area contributed by atoms with Crippen molar-refractivity contribution >= 4 is 10.9 Å². The van der Waals surface area contributed by atoms with Crippen LogP contribution in [0, 0.1) is 0 Å². The van der Waals surface area contributed by atoms with Gasteiger partial charge in [-0.15, -0.1) is 5.10 Å². The van der Waals surface area contributed by atoms with Crippen molar-refractivity contribution in [2.75, 3.05) is 7.11 Å². The number of nitrogens with zero attached hydrogens (tertiary/aromatic N) is 5. The van der Waals surface area contributed by atoms with Gasteiger partial charge in [0.1, 0.15) is 11.5 Å². The molecule has 4 aromatic rings. The van der Waals surface area contributed by atoms with Gasteiger partial charge in [-0.25, -0.2) is 4.68 Å². The molecule has 9 heteroatoms. The molecule has 162 valence electrons. The van der Waals surface area contributed by atoms with Crippen molar-refractivity contribution in [3.63, 3.8) is 0 Å². The molecule has 0 saturated heterocycles. The van der Waals surface area contributed by atoms with E-state index in [9.17, 15) is 4.79 Å². The van der Waals surface area contributed by atoms with Crippen molar-refractivity contribution in [1.82, 2.24) is 30.1 Å².